The molecule has 0 saturated carbocycles. The Kier molecular flexibility index (Phi) is 3.86. The molecule has 3 nitrogen and oxygen atoms in total. The Morgan fingerprint density at radius 2 is 1.96 bits per heavy atom. The molecule has 3 aromatic rings. The summed E-state index contributed by atoms with van der Waals surface area (Å²) in [6.07, 6.45) is 4.55. The maximum absolute atomic E-state index is 14.0. The van der Waals surface area contributed by atoms with Gasteiger partial charge in [0.15, 0.2) is 0 Å². The van der Waals surface area contributed by atoms with E-state index >= 15 is 0 Å². The van der Waals surface area contributed by atoms with Crippen LogP contribution in [0.4, 0.5) is 8.78 Å². The minimum atomic E-state index is -0.692. The van der Waals surface area contributed by atoms with Gasteiger partial charge in [0, 0.05) is 23.8 Å². The van der Waals surface area contributed by atoms with Crippen LogP contribution < -0.4 is 0 Å². The van der Waals surface area contributed by atoms with Crippen LogP contribution in [0.5, 0.6) is 0 Å². The topological polar surface area (TPSA) is 38.0 Å². The van der Waals surface area contributed by atoms with Gasteiger partial charge >= 0.3 is 0 Å². The lowest BCUT2D eigenvalue weighted by atomic mass is 9.98. The molecule has 0 aliphatic carbocycles. The van der Waals surface area contributed by atoms with Gasteiger partial charge in [-0.05, 0) is 35.4 Å². The van der Waals surface area contributed by atoms with E-state index in [0.717, 1.165) is 4.90 Å². The van der Waals surface area contributed by atoms with Crippen LogP contribution in [0.25, 0.3) is 11.1 Å². The van der Waals surface area contributed by atoms with Gasteiger partial charge in [0.25, 0.3) is 0 Å². The summed E-state index contributed by atoms with van der Waals surface area (Å²) in [6.45, 7) is 0.615. The van der Waals surface area contributed by atoms with Gasteiger partial charge in [-0.1, -0.05) is 12.1 Å². The van der Waals surface area contributed by atoms with Crippen molar-refractivity contribution in [1.82, 2.24) is 9.55 Å². The Morgan fingerprint density at radius 3 is 2.67 bits per heavy atom. The minimum absolute atomic E-state index is 0.0597. The third-order valence-corrected chi connectivity index (χ3v) is 5.50. The lowest BCUT2D eigenvalue weighted by Crippen LogP contribution is -2.16. The van der Waals surface area contributed by atoms with Crippen LogP contribution in [-0.4, -0.2) is 19.9 Å². The molecule has 122 valence electrons. The Hall–Kier alpha value is -2.18. The maximum atomic E-state index is 14.0. The number of benzene rings is 2. The zero-order valence-electron chi connectivity index (χ0n) is 12.6. The summed E-state index contributed by atoms with van der Waals surface area (Å²) in [6, 6.07) is 9.01. The lowest BCUT2D eigenvalue weighted by Gasteiger charge is -2.14. The largest absolute Gasteiger partial charge is 0.387 e. The first kappa shape index (κ1) is 15.4. The fourth-order valence-electron chi connectivity index (χ4n) is 2.98. The molecule has 0 amide bonds. The van der Waals surface area contributed by atoms with Crippen molar-refractivity contribution in [3.63, 3.8) is 0 Å². The van der Waals surface area contributed by atoms with Crippen molar-refractivity contribution in [1.29, 1.82) is 0 Å². The van der Waals surface area contributed by atoms with E-state index in [1.54, 1.807) is 36.4 Å². The van der Waals surface area contributed by atoms with E-state index in [4.69, 9.17) is 0 Å². The van der Waals surface area contributed by atoms with Crippen LogP contribution in [0.2, 0.25) is 0 Å². The number of aliphatic hydroxyl groups excluding tert-OH is 1. The zero-order chi connectivity index (χ0) is 16.7. The van der Waals surface area contributed by atoms with Crippen molar-refractivity contribution >= 4 is 11.8 Å². The maximum Gasteiger partial charge on any atom is 0.133 e. The summed E-state index contributed by atoms with van der Waals surface area (Å²) in [5.74, 6) is -1.21. The Morgan fingerprint density at radius 1 is 1.17 bits per heavy atom. The number of thioether (sulfide) groups is 1. The van der Waals surface area contributed by atoms with Crippen LogP contribution in [0, 0.1) is 11.6 Å². The average Bonchev–Trinajstić information content (AvgIpc) is 3.17. The molecule has 2 atom stereocenters. The van der Waals surface area contributed by atoms with E-state index < -0.39 is 17.7 Å². The summed E-state index contributed by atoms with van der Waals surface area (Å²) >= 11 is 1.57. The molecule has 0 bridgehead atoms. The SMILES string of the molecule is OC1c2cc(-c3c(F)cccc3F)ccc2SC1Cn1ccnc1. The zero-order valence-corrected chi connectivity index (χ0v) is 13.4. The first-order valence-corrected chi connectivity index (χ1v) is 8.40. The molecule has 1 N–H and O–H groups in total. The molecule has 2 heterocycles. The summed E-state index contributed by atoms with van der Waals surface area (Å²) in [5.41, 5.74) is 1.09. The van der Waals surface area contributed by atoms with Gasteiger partial charge in [-0.25, -0.2) is 13.8 Å². The van der Waals surface area contributed by atoms with E-state index in [0.29, 0.717) is 17.7 Å². The standard InChI is InChI=1S/C18H14F2N2OS/c19-13-2-1-3-14(20)17(13)11-4-5-15-12(8-11)18(23)16(24-15)9-22-7-6-21-10-22/h1-8,10,16,18,23H,9H2. The molecular weight excluding hydrogens is 330 g/mol. The van der Waals surface area contributed by atoms with Crippen LogP contribution >= 0.6 is 11.8 Å². The quantitative estimate of drug-likeness (QED) is 0.779. The molecule has 0 fully saturated rings. The number of hydrogen-bond donors (Lipinski definition) is 1. The van der Waals surface area contributed by atoms with Crippen LogP contribution in [0.1, 0.15) is 11.7 Å². The molecule has 0 spiro atoms. The molecule has 6 heteroatoms. The third kappa shape index (κ3) is 2.61. The number of fused-ring (bicyclic) bond motifs is 1. The Labute approximate surface area is 142 Å². The average molecular weight is 344 g/mol. The lowest BCUT2D eigenvalue weighted by molar-refractivity contribution is 0.170. The molecule has 1 aliphatic heterocycles. The monoisotopic (exact) mass is 344 g/mol. The molecule has 24 heavy (non-hydrogen) atoms. The van der Waals surface area contributed by atoms with E-state index in [1.165, 1.54) is 18.2 Å². The van der Waals surface area contributed by atoms with Crippen LogP contribution in [-0.2, 0) is 6.54 Å². The predicted octanol–water partition coefficient (Wildman–Crippen LogP) is 4.04. The van der Waals surface area contributed by atoms with Crippen molar-refractivity contribution in [2.75, 3.05) is 0 Å². The van der Waals surface area contributed by atoms with Crippen LogP contribution in [0.3, 0.4) is 0 Å². The summed E-state index contributed by atoms with van der Waals surface area (Å²) in [7, 11) is 0. The van der Waals surface area contributed by atoms with E-state index in [-0.39, 0.29) is 10.8 Å². The first-order valence-electron chi connectivity index (χ1n) is 7.52. The van der Waals surface area contributed by atoms with Crippen molar-refractivity contribution in [3.05, 3.63) is 72.3 Å². The number of aromatic nitrogens is 2. The molecule has 1 aromatic heterocycles. The van der Waals surface area contributed by atoms with Gasteiger partial charge in [0.2, 0.25) is 0 Å². The van der Waals surface area contributed by atoms with Crippen molar-refractivity contribution < 1.29 is 13.9 Å². The molecule has 4 rings (SSSR count). The molecule has 1 aliphatic rings. The predicted molar refractivity (Wildman–Crippen MR) is 88.6 cm³/mol. The first-order chi connectivity index (χ1) is 11.6. The Bertz CT molecular complexity index is 862. The molecule has 2 unspecified atom stereocenters. The fraction of sp³-hybridized carbons (Fsp3) is 0.167. The van der Waals surface area contributed by atoms with Gasteiger partial charge in [0.05, 0.1) is 23.2 Å². The van der Waals surface area contributed by atoms with Crippen molar-refractivity contribution in [2.45, 2.75) is 22.8 Å². The number of halogens is 2. The second kappa shape index (κ2) is 6.03. The smallest absolute Gasteiger partial charge is 0.133 e. The number of imidazole rings is 1. The van der Waals surface area contributed by atoms with Crippen LogP contribution in [0.15, 0.2) is 60.0 Å². The van der Waals surface area contributed by atoms with Crippen molar-refractivity contribution in [3.8, 4) is 11.1 Å². The molecule has 2 aromatic carbocycles. The highest BCUT2D eigenvalue weighted by Gasteiger charge is 2.32. The third-order valence-electron chi connectivity index (χ3n) is 4.16. The van der Waals surface area contributed by atoms with Gasteiger partial charge in [-0.3, -0.25) is 0 Å². The molecular formula is C18H14F2N2OS. The molecule has 0 saturated heterocycles. The van der Waals surface area contributed by atoms with Crippen molar-refractivity contribution in [2.24, 2.45) is 0 Å². The Balaban J connectivity index is 1.67. The highest BCUT2D eigenvalue weighted by Crippen LogP contribution is 2.46. The number of nitrogens with zero attached hydrogens (tertiary/aromatic N) is 2. The summed E-state index contributed by atoms with van der Waals surface area (Å²) in [4.78, 5) is 4.94. The van der Waals surface area contributed by atoms with E-state index in [9.17, 15) is 13.9 Å². The van der Waals surface area contributed by atoms with Gasteiger partial charge in [-0.15, -0.1) is 11.8 Å². The minimum Gasteiger partial charge on any atom is -0.387 e. The summed E-state index contributed by atoms with van der Waals surface area (Å²) < 4.78 is 29.9. The highest BCUT2D eigenvalue weighted by atomic mass is 32.2. The molecule has 0 radical (unpaired) electrons. The second-order valence-corrected chi connectivity index (χ2v) is 6.99. The summed E-state index contributed by atoms with van der Waals surface area (Å²) in [5, 5.41) is 10.5. The number of hydrogen-bond acceptors (Lipinski definition) is 3. The highest BCUT2D eigenvalue weighted by molar-refractivity contribution is 8.00. The van der Waals surface area contributed by atoms with Gasteiger partial charge in [-0.2, -0.15) is 0 Å². The second-order valence-electron chi connectivity index (χ2n) is 5.71. The van der Waals surface area contributed by atoms with Gasteiger partial charge < -0.3 is 9.67 Å². The normalized spacial score (nSPS) is 19.5. The fourth-order valence-corrected chi connectivity index (χ4v) is 4.29. The van der Waals surface area contributed by atoms with E-state index in [2.05, 4.69) is 4.98 Å². The number of aliphatic hydroxyl groups is 1. The van der Waals surface area contributed by atoms with E-state index in [1.807, 2.05) is 16.8 Å². The number of rotatable bonds is 3. The van der Waals surface area contributed by atoms with Gasteiger partial charge in [0.1, 0.15) is 11.6 Å².